The molecule has 0 bridgehead atoms. The standard InChI is InChI=1S/C21H36N2S/c1-3-5-6-7-8-9-10-11-12-15-18-22-21(24)23-20-17-14-13-16-19(20)4-2/h13-14,16-17H,3-12,15,18H2,1-2H3,(H2,22,23,24). The van der Waals surface area contributed by atoms with Crippen molar-refractivity contribution in [2.75, 3.05) is 11.9 Å². The van der Waals surface area contributed by atoms with E-state index < -0.39 is 0 Å². The Bertz CT molecular complexity index is 445. The van der Waals surface area contributed by atoms with Gasteiger partial charge >= 0.3 is 0 Å². The van der Waals surface area contributed by atoms with Gasteiger partial charge in [-0.15, -0.1) is 0 Å². The van der Waals surface area contributed by atoms with Gasteiger partial charge in [0.2, 0.25) is 0 Å². The fourth-order valence-electron chi connectivity index (χ4n) is 2.93. The first kappa shape index (κ1) is 21.0. The molecule has 0 spiro atoms. The molecule has 0 unspecified atom stereocenters. The van der Waals surface area contributed by atoms with E-state index in [1.165, 1.54) is 69.8 Å². The molecule has 2 N–H and O–H groups in total. The number of hydrogen-bond acceptors (Lipinski definition) is 1. The highest BCUT2D eigenvalue weighted by Crippen LogP contribution is 2.15. The SMILES string of the molecule is CCCCCCCCCCCCNC(=S)Nc1ccccc1CC. The first-order valence-electron chi connectivity index (χ1n) is 9.90. The van der Waals surface area contributed by atoms with Gasteiger partial charge in [-0.25, -0.2) is 0 Å². The predicted molar refractivity (Wildman–Crippen MR) is 112 cm³/mol. The molecule has 0 aliphatic rings. The molecule has 0 amide bonds. The maximum atomic E-state index is 5.39. The zero-order valence-electron chi connectivity index (χ0n) is 15.7. The average molecular weight is 349 g/mol. The average Bonchev–Trinajstić information content (AvgIpc) is 2.60. The van der Waals surface area contributed by atoms with Crippen molar-refractivity contribution >= 4 is 23.0 Å². The molecule has 24 heavy (non-hydrogen) atoms. The molecule has 0 saturated heterocycles. The van der Waals surface area contributed by atoms with Crippen LogP contribution in [-0.4, -0.2) is 11.7 Å². The molecule has 0 saturated carbocycles. The lowest BCUT2D eigenvalue weighted by Gasteiger charge is -2.13. The first-order valence-corrected chi connectivity index (χ1v) is 10.3. The number of anilines is 1. The topological polar surface area (TPSA) is 24.1 Å². The van der Waals surface area contributed by atoms with Crippen LogP contribution < -0.4 is 10.6 Å². The Kier molecular flexibility index (Phi) is 12.5. The maximum Gasteiger partial charge on any atom is 0.170 e. The van der Waals surface area contributed by atoms with Crippen molar-refractivity contribution in [2.45, 2.75) is 84.5 Å². The van der Waals surface area contributed by atoms with Crippen LogP contribution in [0.5, 0.6) is 0 Å². The highest BCUT2D eigenvalue weighted by molar-refractivity contribution is 7.80. The van der Waals surface area contributed by atoms with Crippen LogP contribution in [0.2, 0.25) is 0 Å². The van der Waals surface area contributed by atoms with Gasteiger partial charge in [-0.3, -0.25) is 0 Å². The van der Waals surface area contributed by atoms with Gasteiger partial charge in [-0.2, -0.15) is 0 Å². The normalized spacial score (nSPS) is 10.6. The summed E-state index contributed by atoms with van der Waals surface area (Å²) in [5.74, 6) is 0. The summed E-state index contributed by atoms with van der Waals surface area (Å²) in [6.45, 7) is 5.41. The molecule has 136 valence electrons. The number of aryl methyl sites for hydroxylation is 1. The summed E-state index contributed by atoms with van der Waals surface area (Å²) in [5.41, 5.74) is 2.43. The summed E-state index contributed by atoms with van der Waals surface area (Å²) in [5, 5.41) is 7.39. The van der Waals surface area contributed by atoms with Crippen LogP contribution >= 0.6 is 12.2 Å². The van der Waals surface area contributed by atoms with E-state index in [0.29, 0.717) is 0 Å². The molecule has 0 aliphatic heterocycles. The molecule has 1 aromatic carbocycles. The van der Waals surface area contributed by atoms with Crippen LogP contribution in [0.15, 0.2) is 24.3 Å². The number of nitrogens with one attached hydrogen (secondary N) is 2. The van der Waals surface area contributed by atoms with Gasteiger partial charge in [0.05, 0.1) is 0 Å². The smallest absolute Gasteiger partial charge is 0.170 e. The lowest BCUT2D eigenvalue weighted by molar-refractivity contribution is 0.555. The number of unbranched alkanes of at least 4 members (excludes halogenated alkanes) is 9. The molecule has 2 nitrogen and oxygen atoms in total. The fraction of sp³-hybridized carbons (Fsp3) is 0.667. The highest BCUT2D eigenvalue weighted by Gasteiger charge is 2.01. The van der Waals surface area contributed by atoms with Crippen LogP contribution in [0.4, 0.5) is 5.69 Å². The van der Waals surface area contributed by atoms with Crippen molar-refractivity contribution in [1.82, 2.24) is 5.32 Å². The molecule has 0 aliphatic carbocycles. The third-order valence-corrected chi connectivity index (χ3v) is 4.71. The third kappa shape index (κ3) is 9.92. The minimum Gasteiger partial charge on any atom is -0.362 e. The molecule has 1 aromatic rings. The Hall–Kier alpha value is -1.09. The molecule has 0 atom stereocenters. The van der Waals surface area contributed by atoms with Crippen LogP contribution in [-0.2, 0) is 6.42 Å². The van der Waals surface area contributed by atoms with Gasteiger partial charge in [0.25, 0.3) is 0 Å². The van der Waals surface area contributed by atoms with Gasteiger partial charge in [0, 0.05) is 12.2 Å². The molecule has 3 heteroatoms. The van der Waals surface area contributed by atoms with E-state index in [4.69, 9.17) is 12.2 Å². The number of hydrogen-bond donors (Lipinski definition) is 2. The Morgan fingerprint density at radius 1 is 0.833 bits per heavy atom. The summed E-state index contributed by atoms with van der Waals surface area (Å²) >= 11 is 5.39. The van der Waals surface area contributed by atoms with Crippen molar-refractivity contribution in [3.05, 3.63) is 29.8 Å². The van der Waals surface area contributed by atoms with Gasteiger partial charge in [-0.1, -0.05) is 89.8 Å². The second-order valence-electron chi connectivity index (χ2n) is 6.57. The van der Waals surface area contributed by atoms with E-state index in [0.717, 1.165) is 23.8 Å². The van der Waals surface area contributed by atoms with Crippen molar-refractivity contribution < 1.29 is 0 Å². The minimum absolute atomic E-state index is 0.742. The van der Waals surface area contributed by atoms with Gasteiger partial charge in [0.15, 0.2) is 5.11 Å². The van der Waals surface area contributed by atoms with Crippen molar-refractivity contribution in [1.29, 1.82) is 0 Å². The minimum atomic E-state index is 0.742. The fourth-order valence-corrected chi connectivity index (χ4v) is 3.14. The molecule has 0 radical (unpaired) electrons. The summed E-state index contributed by atoms with van der Waals surface area (Å²) in [7, 11) is 0. The van der Waals surface area contributed by atoms with E-state index in [9.17, 15) is 0 Å². The van der Waals surface area contributed by atoms with Crippen molar-refractivity contribution in [3.63, 3.8) is 0 Å². The monoisotopic (exact) mass is 348 g/mol. The van der Waals surface area contributed by atoms with E-state index in [1.807, 2.05) is 6.07 Å². The number of thiocarbonyl (C=S) groups is 1. The van der Waals surface area contributed by atoms with Crippen LogP contribution in [0, 0.1) is 0 Å². The third-order valence-electron chi connectivity index (χ3n) is 4.46. The van der Waals surface area contributed by atoms with Gasteiger partial charge < -0.3 is 10.6 Å². The van der Waals surface area contributed by atoms with Crippen LogP contribution in [0.25, 0.3) is 0 Å². The Balaban J connectivity index is 1.98. The van der Waals surface area contributed by atoms with E-state index >= 15 is 0 Å². The lowest BCUT2D eigenvalue weighted by atomic mass is 10.1. The van der Waals surface area contributed by atoms with Crippen molar-refractivity contribution in [3.8, 4) is 0 Å². The molecule has 0 fully saturated rings. The molecule has 1 rings (SSSR count). The summed E-state index contributed by atoms with van der Waals surface area (Å²) < 4.78 is 0. The lowest BCUT2D eigenvalue weighted by Crippen LogP contribution is -2.29. The van der Waals surface area contributed by atoms with E-state index in [2.05, 4.69) is 42.7 Å². The largest absolute Gasteiger partial charge is 0.362 e. The Labute approximate surface area is 154 Å². The quantitative estimate of drug-likeness (QED) is 0.316. The predicted octanol–water partition coefficient (Wildman–Crippen LogP) is 6.46. The number of para-hydroxylation sites is 1. The zero-order valence-corrected chi connectivity index (χ0v) is 16.5. The van der Waals surface area contributed by atoms with Crippen molar-refractivity contribution in [2.24, 2.45) is 0 Å². The highest BCUT2D eigenvalue weighted by atomic mass is 32.1. The molecule has 0 aromatic heterocycles. The summed E-state index contributed by atoms with van der Waals surface area (Å²) in [6, 6.07) is 8.36. The number of benzene rings is 1. The van der Waals surface area contributed by atoms with Crippen LogP contribution in [0.3, 0.4) is 0 Å². The van der Waals surface area contributed by atoms with E-state index in [1.54, 1.807) is 0 Å². The molecular formula is C21H36N2S. The number of rotatable bonds is 13. The Morgan fingerprint density at radius 3 is 2.04 bits per heavy atom. The summed E-state index contributed by atoms with van der Waals surface area (Å²) in [4.78, 5) is 0. The zero-order chi connectivity index (χ0) is 17.5. The Morgan fingerprint density at radius 2 is 1.42 bits per heavy atom. The second-order valence-corrected chi connectivity index (χ2v) is 6.98. The second kappa shape index (κ2) is 14.3. The molecule has 0 heterocycles. The van der Waals surface area contributed by atoms with Gasteiger partial charge in [-0.05, 0) is 36.7 Å². The van der Waals surface area contributed by atoms with E-state index in [-0.39, 0.29) is 0 Å². The summed E-state index contributed by atoms with van der Waals surface area (Å²) in [6.07, 6.45) is 14.7. The maximum absolute atomic E-state index is 5.39. The molecular weight excluding hydrogens is 312 g/mol. The first-order chi connectivity index (χ1) is 11.8. The van der Waals surface area contributed by atoms with Gasteiger partial charge in [0.1, 0.15) is 0 Å². The van der Waals surface area contributed by atoms with Crippen LogP contribution in [0.1, 0.15) is 83.6 Å².